The highest BCUT2D eigenvalue weighted by molar-refractivity contribution is 5.85. The average Bonchev–Trinajstić information content (AvgIpc) is 3.38. The molecule has 3 aromatic rings. The van der Waals surface area contributed by atoms with Crippen LogP contribution in [0.2, 0.25) is 0 Å². The van der Waals surface area contributed by atoms with Gasteiger partial charge in [0.1, 0.15) is 24.3 Å². The molecule has 1 atom stereocenters. The van der Waals surface area contributed by atoms with Crippen molar-refractivity contribution >= 4 is 12.4 Å². The second kappa shape index (κ2) is 7.97. The molecule has 4 rings (SSSR count). The topological polar surface area (TPSA) is 99.6 Å². The number of hydrazone groups is 1. The molecule has 0 aliphatic carbocycles. The normalized spacial score (nSPS) is 15.6. The highest BCUT2D eigenvalue weighted by atomic mass is 16.5. The van der Waals surface area contributed by atoms with Crippen LogP contribution < -0.4 is 16.1 Å². The van der Waals surface area contributed by atoms with Gasteiger partial charge in [-0.15, -0.1) is 0 Å². The van der Waals surface area contributed by atoms with E-state index in [1.807, 2.05) is 44.2 Å². The first kappa shape index (κ1) is 19.6. The zero-order valence-corrected chi connectivity index (χ0v) is 17.1. The number of aryl methyl sites for hydroxylation is 2. The van der Waals surface area contributed by atoms with Crippen molar-refractivity contribution in [1.82, 2.24) is 19.1 Å². The van der Waals surface area contributed by atoms with Crippen molar-refractivity contribution in [2.75, 3.05) is 6.61 Å². The van der Waals surface area contributed by atoms with Crippen molar-refractivity contribution in [2.45, 2.75) is 33.0 Å². The molecule has 0 N–H and O–H groups in total. The molecule has 1 aliphatic heterocycles. The summed E-state index contributed by atoms with van der Waals surface area (Å²) in [5, 5.41) is 8.25. The van der Waals surface area contributed by atoms with Crippen molar-refractivity contribution in [1.29, 1.82) is 0 Å². The summed E-state index contributed by atoms with van der Waals surface area (Å²) in [7, 11) is 1.57. The second-order valence-electron chi connectivity index (χ2n) is 7.05. The van der Waals surface area contributed by atoms with Crippen LogP contribution in [0.3, 0.4) is 0 Å². The standard InChI is InChI=1S/C20H23N6O4/c1-14-18(15(2)30-22-14)13-24-12-16(11-21-24)26-19(27)23(3)25(20(26)28)9-10-29-17-7-5-4-6-8-17/h4-8,11-12,16H,9-10,13H2,1-3H3/q+1. The summed E-state index contributed by atoms with van der Waals surface area (Å²) in [6.45, 7) is 4.67. The Morgan fingerprint density at radius 2 is 1.93 bits per heavy atom. The number of nitrogens with zero attached hydrogens (tertiary/aromatic N) is 6. The molecule has 0 saturated heterocycles. The van der Waals surface area contributed by atoms with Crippen molar-refractivity contribution < 1.29 is 13.9 Å². The van der Waals surface area contributed by atoms with Crippen molar-refractivity contribution in [2.24, 2.45) is 12.1 Å². The van der Waals surface area contributed by atoms with Crippen LogP contribution in [-0.2, 0) is 20.1 Å². The molecule has 1 aromatic carbocycles. The van der Waals surface area contributed by atoms with Crippen LogP contribution in [0.5, 0.6) is 5.75 Å². The van der Waals surface area contributed by atoms with Gasteiger partial charge in [0.25, 0.3) is 0 Å². The molecule has 0 radical (unpaired) electrons. The molecule has 0 amide bonds. The Morgan fingerprint density at radius 1 is 1.17 bits per heavy atom. The van der Waals surface area contributed by atoms with Crippen molar-refractivity contribution in [3.8, 4) is 5.75 Å². The van der Waals surface area contributed by atoms with Crippen LogP contribution in [0.25, 0.3) is 0 Å². The summed E-state index contributed by atoms with van der Waals surface area (Å²) in [5.74, 6) is 1.43. The van der Waals surface area contributed by atoms with E-state index in [4.69, 9.17) is 9.26 Å². The molecule has 1 unspecified atom stereocenters. The largest absolute Gasteiger partial charge is 0.492 e. The third kappa shape index (κ3) is 3.63. The van der Waals surface area contributed by atoms with E-state index < -0.39 is 17.4 Å². The molecule has 0 fully saturated rings. The SMILES string of the molecule is Cc1noc(C)c1C[N+]1=CC(n2c(=O)n(C)n(CCOc3ccccc3)c2=O)C=N1. The summed E-state index contributed by atoms with van der Waals surface area (Å²) >= 11 is 0. The van der Waals surface area contributed by atoms with E-state index in [2.05, 4.69) is 10.3 Å². The highest BCUT2D eigenvalue weighted by Gasteiger charge is 2.28. The number of hydrogen-bond donors (Lipinski definition) is 0. The smallest absolute Gasteiger partial charge is 0.348 e. The molecular formula is C20H23N6O4+. The lowest BCUT2D eigenvalue weighted by Crippen LogP contribution is -2.34. The minimum atomic E-state index is -0.562. The quantitative estimate of drug-likeness (QED) is 0.537. The molecule has 1 aliphatic rings. The summed E-state index contributed by atoms with van der Waals surface area (Å²) in [6, 6.07) is 8.76. The van der Waals surface area contributed by atoms with Gasteiger partial charge in [-0.3, -0.25) is 0 Å². The molecule has 30 heavy (non-hydrogen) atoms. The van der Waals surface area contributed by atoms with Gasteiger partial charge in [0.2, 0.25) is 12.8 Å². The molecule has 156 valence electrons. The van der Waals surface area contributed by atoms with Gasteiger partial charge >= 0.3 is 11.4 Å². The monoisotopic (exact) mass is 411 g/mol. The fourth-order valence-electron chi connectivity index (χ4n) is 3.38. The fourth-order valence-corrected chi connectivity index (χ4v) is 3.38. The van der Waals surface area contributed by atoms with E-state index in [-0.39, 0.29) is 13.2 Å². The van der Waals surface area contributed by atoms with Crippen molar-refractivity contribution in [3.05, 3.63) is 68.3 Å². The Bertz CT molecular complexity index is 1210. The maximum atomic E-state index is 12.9. The molecule has 10 heteroatoms. The zero-order valence-electron chi connectivity index (χ0n) is 17.1. The number of benzene rings is 1. The van der Waals surface area contributed by atoms with Gasteiger partial charge < -0.3 is 9.26 Å². The maximum absolute atomic E-state index is 12.9. The van der Waals surface area contributed by atoms with E-state index >= 15 is 0 Å². The zero-order chi connectivity index (χ0) is 21.3. The number of hydrogen-bond acceptors (Lipinski definition) is 6. The molecule has 0 bridgehead atoms. The number of ether oxygens (including phenoxy) is 1. The van der Waals surface area contributed by atoms with Crippen LogP contribution >= 0.6 is 0 Å². The van der Waals surface area contributed by atoms with E-state index in [0.29, 0.717) is 12.3 Å². The second-order valence-corrected chi connectivity index (χ2v) is 7.05. The lowest BCUT2D eigenvalue weighted by Gasteiger charge is -2.07. The van der Waals surface area contributed by atoms with Gasteiger partial charge in [-0.05, 0) is 31.1 Å². The Balaban J connectivity index is 1.52. The Morgan fingerprint density at radius 3 is 2.63 bits per heavy atom. The van der Waals surface area contributed by atoms with Gasteiger partial charge in [0.15, 0.2) is 6.04 Å². The highest BCUT2D eigenvalue weighted by Crippen LogP contribution is 2.15. The van der Waals surface area contributed by atoms with E-state index in [1.165, 1.54) is 13.9 Å². The first-order valence-electron chi connectivity index (χ1n) is 9.59. The minimum absolute atomic E-state index is 0.249. The number of aromatic nitrogens is 4. The van der Waals surface area contributed by atoms with Gasteiger partial charge in [0, 0.05) is 7.05 Å². The van der Waals surface area contributed by atoms with E-state index in [1.54, 1.807) is 24.2 Å². The van der Waals surface area contributed by atoms with E-state index in [9.17, 15) is 9.59 Å². The predicted octanol–water partition coefficient (Wildman–Crippen LogP) is 0.856. The first-order chi connectivity index (χ1) is 14.5. The third-order valence-electron chi connectivity index (χ3n) is 5.08. The summed E-state index contributed by atoms with van der Waals surface area (Å²) < 4.78 is 16.4. The van der Waals surface area contributed by atoms with Crippen LogP contribution in [0.15, 0.2) is 49.5 Å². The average molecular weight is 411 g/mol. The van der Waals surface area contributed by atoms with Gasteiger partial charge in [0.05, 0.1) is 17.8 Å². The van der Waals surface area contributed by atoms with Crippen LogP contribution in [-0.4, -0.2) is 42.8 Å². The van der Waals surface area contributed by atoms with Crippen LogP contribution in [0, 0.1) is 13.8 Å². The molecule has 0 saturated carbocycles. The predicted molar refractivity (Wildman–Crippen MR) is 109 cm³/mol. The molecule has 0 spiro atoms. The Hall–Kier alpha value is -3.69. The number of para-hydroxylation sites is 1. The summed E-state index contributed by atoms with van der Waals surface area (Å²) in [4.78, 5) is 25.6. The summed E-state index contributed by atoms with van der Waals surface area (Å²) in [5.41, 5.74) is 0.898. The summed E-state index contributed by atoms with van der Waals surface area (Å²) in [6.07, 6.45) is 3.31. The lowest BCUT2D eigenvalue weighted by molar-refractivity contribution is -0.542. The third-order valence-corrected chi connectivity index (χ3v) is 5.08. The molecular weight excluding hydrogens is 388 g/mol. The maximum Gasteiger partial charge on any atom is 0.348 e. The van der Waals surface area contributed by atoms with Crippen LogP contribution in [0.1, 0.15) is 23.1 Å². The Labute approximate surface area is 171 Å². The van der Waals surface area contributed by atoms with Gasteiger partial charge in [-0.2, -0.15) is 0 Å². The van der Waals surface area contributed by atoms with Gasteiger partial charge in [-0.25, -0.2) is 23.5 Å². The molecule has 2 aromatic heterocycles. The van der Waals surface area contributed by atoms with Crippen LogP contribution in [0.4, 0.5) is 0 Å². The Kier molecular flexibility index (Phi) is 5.21. The minimum Gasteiger partial charge on any atom is -0.492 e. The molecule has 10 nitrogen and oxygen atoms in total. The fraction of sp³-hybridized carbons (Fsp3) is 0.350. The molecule has 3 heterocycles. The lowest BCUT2D eigenvalue weighted by atomic mass is 10.2. The van der Waals surface area contributed by atoms with E-state index in [0.717, 1.165) is 17.0 Å². The number of rotatable bonds is 7. The van der Waals surface area contributed by atoms with Gasteiger partial charge in [-0.1, -0.05) is 28.0 Å². The van der Waals surface area contributed by atoms with Crippen molar-refractivity contribution in [3.63, 3.8) is 0 Å². The first-order valence-corrected chi connectivity index (χ1v) is 9.59.